The SMILES string of the molecule is CCOc1ccccc1C(=O)c1cccc(CC)c1. The molecular formula is C17H18O2. The van der Waals surface area contributed by atoms with Crippen LogP contribution in [0.1, 0.15) is 35.3 Å². The van der Waals surface area contributed by atoms with Crippen molar-refractivity contribution in [1.29, 1.82) is 0 Å². The van der Waals surface area contributed by atoms with Gasteiger partial charge in [-0.2, -0.15) is 0 Å². The highest BCUT2D eigenvalue weighted by Crippen LogP contribution is 2.22. The van der Waals surface area contributed by atoms with Crippen LogP contribution in [0.5, 0.6) is 5.75 Å². The Morgan fingerprint density at radius 3 is 2.58 bits per heavy atom. The molecule has 2 heteroatoms. The van der Waals surface area contributed by atoms with Gasteiger partial charge in [0.15, 0.2) is 5.78 Å². The van der Waals surface area contributed by atoms with E-state index in [2.05, 4.69) is 6.92 Å². The highest BCUT2D eigenvalue weighted by molar-refractivity contribution is 6.10. The largest absolute Gasteiger partial charge is 0.493 e. The third-order valence-corrected chi connectivity index (χ3v) is 3.03. The fraction of sp³-hybridized carbons (Fsp3) is 0.235. The molecule has 0 N–H and O–H groups in total. The zero-order valence-corrected chi connectivity index (χ0v) is 11.3. The van der Waals surface area contributed by atoms with Gasteiger partial charge < -0.3 is 4.74 Å². The molecule has 2 aromatic rings. The first-order chi connectivity index (χ1) is 9.26. The van der Waals surface area contributed by atoms with Gasteiger partial charge in [-0.25, -0.2) is 0 Å². The Labute approximate surface area is 114 Å². The Bertz CT molecular complexity index is 573. The number of ether oxygens (including phenoxy) is 1. The summed E-state index contributed by atoms with van der Waals surface area (Å²) < 4.78 is 5.52. The minimum absolute atomic E-state index is 0.0133. The second-order valence-corrected chi connectivity index (χ2v) is 4.31. The van der Waals surface area contributed by atoms with E-state index in [9.17, 15) is 4.79 Å². The van der Waals surface area contributed by atoms with Gasteiger partial charge in [0.1, 0.15) is 5.75 Å². The topological polar surface area (TPSA) is 26.3 Å². The van der Waals surface area contributed by atoms with Gasteiger partial charge in [0.2, 0.25) is 0 Å². The molecule has 2 rings (SSSR count). The Morgan fingerprint density at radius 2 is 1.84 bits per heavy atom. The maximum absolute atomic E-state index is 12.5. The average Bonchev–Trinajstić information content (AvgIpc) is 2.47. The van der Waals surface area contributed by atoms with Crippen molar-refractivity contribution in [1.82, 2.24) is 0 Å². The normalized spacial score (nSPS) is 10.2. The van der Waals surface area contributed by atoms with E-state index in [0.717, 1.165) is 6.42 Å². The lowest BCUT2D eigenvalue weighted by Gasteiger charge is -2.09. The molecule has 0 bridgehead atoms. The minimum atomic E-state index is 0.0133. The summed E-state index contributed by atoms with van der Waals surface area (Å²) in [5.74, 6) is 0.663. The van der Waals surface area contributed by atoms with Crippen LogP contribution < -0.4 is 4.74 Å². The maximum atomic E-state index is 12.5. The van der Waals surface area contributed by atoms with Crippen LogP contribution in [-0.2, 0) is 6.42 Å². The number of rotatable bonds is 5. The van der Waals surface area contributed by atoms with Crippen LogP contribution in [0.4, 0.5) is 0 Å². The van der Waals surface area contributed by atoms with Crippen LogP contribution in [0.2, 0.25) is 0 Å². The number of para-hydroxylation sites is 1. The molecule has 0 spiro atoms. The molecule has 0 saturated heterocycles. The lowest BCUT2D eigenvalue weighted by Crippen LogP contribution is -2.05. The predicted octanol–water partition coefficient (Wildman–Crippen LogP) is 3.88. The number of hydrogen-bond donors (Lipinski definition) is 0. The van der Waals surface area contributed by atoms with E-state index in [1.54, 1.807) is 0 Å². The molecule has 0 aromatic heterocycles. The van der Waals surface area contributed by atoms with Crippen molar-refractivity contribution in [3.8, 4) is 5.75 Å². The van der Waals surface area contributed by atoms with Crippen LogP contribution in [0, 0.1) is 0 Å². The molecule has 0 heterocycles. The maximum Gasteiger partial charge on any atom is 0.196 e. The number of carbonyl (C=O) groups excluding carboxylic acids is 1. The third-order valence-electron chi connectivity index (χ3n) is 3.03. The van der Waals surface area contributed by atoms with Crippen molar-refractivity contribution in [2.75, 3.05) is 6.61 Å². The summed E-state index contributed by atoms with van der Waals surface area (Å²) in [7, 11) is 0. The monoisotopic (exact) mass is 254 g/mol. The van der Waals surface area contributed by atoms with Crippen LogP contribution in [0.3, 0.4) is 0 Å². The van der Waals surface area contributed by atoms with Gasteiger partial charge in [0.05, 0.1) is 12.2 Å². The second-order valence-electron chi connectivity index (χ2n) is 4.31. The molecule has 0 saturated carbocycles. The van der Waals surface area contributed by atoms with E-state index in [1.165, 1.54) is 5.56 Å². The van der Waals surface area contributed by atoms with E-state index in [4.69, 9.17) is 4.74 Å². The first-order valence-corrected chi connectivity index (χ1v) is 6.61. The van der Waals surface area contributed by atoms with Crippen molar-refractivity contribution in [2.45, 2.75) is 20.3 Å². The molecule has 98 valence electrons. The first-order valence-electron chi connectivity index (χ1n) is 6.61. The van der Waals surface area contributed by atoms with E-state index >= 15 is 0 Å². The van der Waals surface area contributed by atoms with Gasteiger partial charge in [0, 0.05) is 5.56 Å². The Morgan fingerprint density at radius 1 is 1.05 bits per heavy atom. The number of hydrogen-bond acceptors (Lipinski definition) is 2. The van der Waals surface area contributed by atoms with Gasteiger partial charge in [-0.3, -0.25) is 4.79 Å². The molecule has 0 aliphatic carbocycles. The lowest BCUT2D eigenvalue weighted by atomic mass is 10.00. The molecule has 0 amide bonds. The standard InChI is InChI=1S/C17H18O2/c1-3-13-8-7-9-14(12-13)17(18)15-10-5-6-11-16(15)19-4-2/h5-12H,3-4H2,1-2H3. The first kappa shape index (κ1) is 13.3. The van der Waals surface area contributed by atoms with Crippen LogP contribution >= 0.6 is 0 Å². The predicted molar refractivity (Wildman–Crippen MR) is 76.9 cm³/mol. The summed E-state index contributed by atoms with van der Waals surface area (Å²) in [5.41, 5.74) is 2.50. The summed E-state index contributed by atoms with van der Waals surface area (Å²) in [5, 5.41) is 0. The Kier molecular flexibility index (Phi) is 4.35. The van der Waals surface area contributed by atoms with Gasteiger partial charge in [0.25, 0.3) is 0 Å². The number of aryl methyl sites for hydroxylation is 1. The van der Waals surface area contributed by atoms with Gasteiger partial charge >= 0.3 is 0 Å². The molecule has 0 radical (unpaired) electrons. The Hall–Kier alpha value is -2.09. The third kappa shape index (κ3) is 3.02. The fourth-order valence-electron chi connectivity index (χ4n) is 2.02. The van der Waals surface area contributed by atoms with E-state index in [1.807, 2.05) is 55.5 Å². The highest BCUT2D eigenvalue weighted by atomic mass is 16.5. The summed E-state index contributed by atoms with van der Waals surface area (Å²) in [6, 6.07) is 15.1. The van der Waals surface area contributed by atoms with Crippen LogP contribution in [0.15, 0.2) is 48.5 Å². The van der Waals surface area contributed by atoms with Gasteiger partial charge in [-0.05, 0) is 37.1 Å². The van der Waals surface area contributed by atoms with Crippen molar-refractivity contribution < 1.29 is 9.53 Å². The van der Waals surface area contributed by atoms with E-state index < -0.39 is 0 Å². The summed E-state index contributed by atoms with van der Waals surface area (Å²) in [6.07, 6.45) is 0.925. The quantitative estimate of drug-likeness (QED) is 0.757. The summed E-state index contributed by atoms with van der Waals surface area (Å²) in [6.45, 7) is 4.55. The molecule has 0 atom stereocenters. The highest BCUT2D eigenvalue weighted by Gasteiger charge is 2.14. The second kappa shape index (κ2) is 6.19. The zero-order valence-electron chi connectivity index (χ0n) is 11.3. The fourth-order valence-corrected chi connectivity index (χ4v) is 2.02. The molecule has 0 aliphatic heterocycles. The molecule has 2 aromatic carbocycles. The van der Waals surface area contributed by atoms with Crippen LogP contribution in [-0.4, -0.2) is 12.4 Å². The average molecular weight is 254 g/mol. The van der Waals surface area contributed by atoms with Crippen LogP contribution in [0.25, 0.3) is 0 Å². The van der Waals surface area contributed by atoms with Gasteiger partial charge in [-0.15, -0.1) is 0 Å². The number of ketones is 1. The van der Waals surface area contributed by atoms with E-state index in [0.29, 0.717) is 23.5 Å². The van der Waals surface area contributed by atoms with Crippen molar-refractivity contribution in [3.63, 3.8) is 0 Å². The molecule has 0 unspecified atom stereocenters. The van der Waals surface area contributed by atoms with E-state index in [-0.39, 0.29) is 5.78 Å². The smallest absolute Gasteiger partial charge is 0.196 e. The summed E-state index contributed by atoms with van der Waals surface area (Å²) >= 11 is 0. The molecular weight excluding hydrogens is 236 g/mol. The van der Waals surface area contributed by atoms with Crippen molar-refractivity contribution >= 4 is 5.78 Å². The molecule has 2 nitrogen and oxygen atoms in total. The molecule has 19 heavy (non-hydrogen) atoms. The molecule has 0 fully saturated rings. The lowest BCUT2D eigenvalue weighted by molar-refractivity contribution is 0.103. The number of benzene rings is 2. The Balaban J connectivity index is 2.38. The van der Waals surface area contributed by atoms with Gasteiger partial charge in [-0.1, -0.05) is 37.3 Å². The zero-order chi connectivity index (χ0) is 13.7. The summed E-state index contributed by atoms with van der Waals surface area (Å²) in [4.78, 5) is 12.5. The number of carbonyl (C=O) groups is 1. The van der Waals surface area contributed by atoms with Crippen molar-refractivity contribution in [2.24, 2.45) is 0 Å². The molecule has 0 aliphatic rings. The van der Waals surface area contributed by atoms with Crippen molar-refractivity contribution in [3.05, 3.63) is 65.2 Å². The minimum Gasteiger partial charge on any atom is -0.493 e.